The lowest BCUT2D eigenvalue weighted by Crippen LogP contribution is -2.59. The Morgan fingerprint density at radius 3 is 2.18 bits per heavy atom. The summed E-state index contributed by atoms with van der Waals surface area (Å²) < 4.78 is 13.4. The van der Waals surface area contributed by atoms with Crippen LogP contribution in [0.25, 0.3) is 0 Å². The number of benzene rings is 2. The van der Waals surface area contributed by atoms with E-state index in [1.807, 2.05) is 75.5 Å². The number of thiazole rings is 2. The molecule has 4 aliphatic rings. The summed E-state index contributed by atoms with van der Waals surface area (Å²) in [7, 11) is 3.11. The first-order chi connectivity index (χ1) is 35.4. The minimum atomic E-state index is -0.217. The van der Waals surface area contributed by atoms with E-state index in [0.717, 1.165) is 48.6 Å². The van der Waals surface area contributed by atoms with Crippen LogP contribution < -0.4 is 20.1 Å². The molecular formula is C52H51N9O7S5. The number of piperazine rings is 1. The number of carbonyl (C=O) groups is 5. The van der Waals surface area contributed by atoms with Crippen molar-refractivity contribution in [1.29, 1.82) is 0 Å². The van der Waals surface area contributed by atoms with Gasteiger partial charge in [0, 0.05) is 66.1 Å². The van der Waals surface area contributed by atoms with E-state index in [-0.39, 0.29) is 47.0 Å². The lowest BCUT2D eigenvalue weighted by atomic mass is 9.78. The highest BCUT2D eigenvalue weighted by Gasteiger charge is 2.50. The number of pyridine rings is 1. The maximum atomic E-state index is 14.4. The zero-order valence-electron chi connectivity index (χ0n) is 40.2. The molecule has 4 fully saturated rings. The molecule has 10 rings (SSSR count). The Labute approximate surface area is 442 Å². The van der Waals surface area contributed by atoms with Gasteiger partial charge in [-0.1, -0.05) is 64.9 Å². The molecule has 0 aliphatic carbocycles. The Hall–Kier alpha value is -6.52. The van der Waals surface area contributed by atoms with E-state index in [9.17, 15) is 24.0 Å². The molecule has 2 bridgehead atoms. The van der Waals surface area contributed by atoms with Gasteiger partial charge in [-0.05, 0) is 104 Å². The second-order valence-electron chi connectivity index (χ2n) is 18.3. The van der Waals surface area contributed by atoms with Crippen molar-refractivity contribution in [3.63, 3.8) is 0 Å². The molecule has 2 aromatic carbocycles. The predicted octanol–water partition coefficient (Wildman–Crippen LogP) is 9.15. The van der Waals surface area contributed by atoms with Crippen molar-refractivity contribution in [1.82, 2.24) is 34.6 Å². The first kappa shape index (κ1) is 50.0. The molecule has 376 valence electrons. The summed E-state index contributed by atoms with van der Waals surface area (Å²) in [6.07, 6.45) is 12.8. The molecular weight excluding hydrogens is 1020 g/mol. The highest BCUT2D eigenvalue weighted by molar-refractivity contribution is 8.01. The first-order valence-corrected chi connectivity index (χ1v) is 27.8. The van der Waals surface area contributed by atoms with Gasteiger partial charge in [0.2, 0.25) is 11.8 Å². The number of hydrogen-bond acceptors (Lipinski definition) is 16. The number of aryl methyl sites for hydroxylation is 1. The van der Waals surface area contributed by atoms with E-state index >= 15 is 0 Å². The summed E-state index contributed by atoms with van der Waals surface area (Å²) in [6, 6.07) is 14.6. The number of methoxy groups -OCH3 is 2. The number of hydrogen-bond donors (Lipinski definition) is 2. The third-order valence-corrected chi connectivity index (χ3v) is 18.5. The van der Waals surface area contributed by atoms with Gasteiger partial charge in [0.25, 0.3) is 17.7 Å². The first-order valence-electron chi connectivity index (χ1n) is 23.6. The van der Waals surface area contributed by atoms with Gasteiger partial charge in [-0.25, -0.2) is 15.0 Å². The summed E-state index contributed by atoms with van der Waals surface area (Å²) >= 11 is 7.23. The number of rotatable bonds is 16. The number of likely N-dealkylation sites (tertiary alicyclic amines) is 3. The third kappa shape index (κ3) is 10.8. The van der Waals surface area contributed by atoms with Crippen LogP contribution in [0.5, 0.6) is 11.5 Å². The minimum Gasteiger partial charge on any atom is -0.496 e. The van der Waals surface area contributed by atoms with Crippen LogP contribution >= 0.6 is 57.5 Å². The second kappa shape index (κ2) is 21.5. The highest BCUT2D eigenvalue weighted by atomic mass is 32.2. The lowest BCUT2D eigenvalue weighted by Gasteiger charge is -2.48. The van der Waals surface area contributed by atoms with Crippen molar-refractivity contribution >= 4 is 103 Å². The van der Waals surface area contributed by atoms with E-state index in [2.05, 4.69) is 32.2 Å². The van der Waals surface area contributed by atoms with Crippen molar-refractivity contribution < 1.29 is 33.4 Å². The van der Waals surface area contributed by atoms with Crippen LogP contribution in [-0.4, -0.2) is 130 Å². The molecule has 0 unspecified atom stereocenters. The standard InChI is InChI=1S/C52H51N9O7S5/c1-5-43(62)58-17-15-52(28-58)29-60(30-52)49(66)37-22-41(71-46-24-54-50(72-46)56-42-10-6-7-16-53-42)32(20-39(37)68-4)9-8-11-44(63)61-34-12-13-35(61)26-59(25-34)48(65)36-21-40(31(2)19-38(36)67-3)70-45-23-55-51(73-45)57-47(64)33-14-18-69-27-33/h5-8,10-11,14,16,18-24,27,34-35H,1,9,12-13,15,17,25-26,28-30H2,2-4H3,(H,53,54,56)(H,55,57,64)/b11-8+/t34-,35+. The minimum absolute atomic E-state index is 0.0896. The van der Waals surface area contributed by atoms with Gasteiger partial charge >= 0.3 is 0 Å². The SMILES string of the molecule is C=CC(=O)N1CCC2(C1)CN(C(=O)c1cc(Sc3cnc(Nc4ccccn4)s3)c(C/C=C/C(=O)N3[C@@H]4CC[C@H]3CN(C(=O)c3cc(Sc5cnc(NC(=O)c6ccsc6)s5)c(C)cc3OC)C4)cc1OC)C2. The summed E-state index contributed by atoms with van der Waals surface area (Å²) in [5, 5.41) is 10.9. The van der Waals surface area contributed by atoms with E-state index in [0.29, 0.717) is 90.0 Å². The highest BCUT2D eigenvalue weighted by Crippen LogP contribution is 2.44. The Morgan fingerprint density at radius 1 is 0.822 bits per heavy atom. The Balaban J connectivity index is 0.822. The van der Waals surface area contributed by atoms with Crippen LogP contribution in [-0.2, 0) is 16.0 Å². The monoisotopic (exact) mass is 1070 g/mol. The van der Waals surface area contributed by atoms with Crippen molar-refractivity contribution in [2.45, 2.75) is 62.9 Å². The third-order valence-electron chi connectivity index (χ3n) is 13.5. The molecule has 8 heterocycles. The van der Waals surface area contributed by atoms with Gasteiger partial charge in [-0.2, -0.15) is 11.3 Å². The van der Waals surface area contributed by atoms with Gasteiger partial charge in [-0.3, -0.25) is 29.3 Å². The summed E-state index contributed by atoms with van der Waals surface area (Å²) in [6.45, 7) is 8.71. The summed E-state index contributed by atoms with van der Waals surface area (Å²) in [5.41, 5.74) is 3.12. The fraction of sp³-hybridized carbons (Fsp3) is 0.308. The summed E-state index contributed by atoms with van der Waals surface area (Å²) in [4.78, 5) is 90.1. The van der Waals surface area contributed by atoms with Crippen LogP contribution in [0.1, 0.15) is 61.5 Å². The number of anilines is 3. The second-order valence-corrected chi connectivity index (χ2v) is 23.8. The summed E-state index contributed by atoms with van der Waals surface area (Å²) in [5.74, 6) is 0.856. The van der Waals surface area contributed by atoms with Gasteiger partial charge in [0.05, 0.1) is 63.8 Å². The number of thiophene rings is 1. The number of nitrogens with one attached hydrogen (secondary N) is 2. The fourth-order valence-corrected chi connectivity index (χ4v) is 14.5. The molecule has 16 nitrogen and oxygen atoms in total. The number of amides is 5. The van der Waals surface area contributed by atoms with Crippen molar-refractivity contribution in [2.24, 2.45) is 5.41 Å². The van der Waals surface area contributed by atoms with E-state index in [1.54, 1.807) is 55.2 Å². The topological polar surface area (TPSA) is 179 Å². The van der Waals surface area contributed by atoms with Crippen LogP contribution in [0.4, 0.5) is 16.1 Å². The van der Waals surface area contributed by atoms with Crippen LogP contribution in [0.2, 0.25) is 0 Å². The molecule has 2 N–H and O–H groups in total. The van der Waals surface area contributed by atoms with Crippen molar-refractivity contribution in [2.75, 3.05) is 64.1 Å². The number of aromatic nitrogens is 3. The normalized spacial score (nSPS) is 17.7. The predicted molar refractivity (Wildman–Crippen MR) is 285 cm³/mol. The van der Waals surface area contributed by atoms with Crippen molar-refractivity contribution in [3.05, 3.63) is 131 Å². The van der Waals surface area contributed by atoms with Crippen LogP contribution in [0, 0.1) is 12.3 Å². The maximum absolute atomic E-state index is 14.4. The molecule has 4 aromatic heterocycles. The smallest absolute Gasteiger partial charge is 0.258 e. The van der Waals surface area contributed by atoms with Crippen LogP contribution in [0.15, 0.2) is 121 Å². The molecule has 4 aliphatic heterocycles. The number of nitrogens with zero attached hydrogens (tertiary/aromatic N) is 7. The zero-order chi connectivity index (χ0) is 50.8. The molecule has 73 heavy (non-hydrogen) atoms. The van der Waals surface area contributed by atoms with E-state index in [1.165, 1.54) is 63.6 Å². The molecule has 5 amide bonds. The van der Waals surface area contributed by atoms with Crippen molar-refractivity contribution in [3.8, 4) is 11.5 Å². The quantitative estimate of drug-likeness (QED) is 0.0878. The largest absolute Gasteiger partial charge is 0.496 e. The zero-order valence-corrected chi connectivity index (χ0v) is 44.3. The van der Waals surface area contributed by atoms with Gasteiger partial charge in [-0.15, -0.1) is 0 Å². The molecule has 2 atom stereocenters. The van der Waals surface area contributed by atoms with Gasteiger partial charge in [0.1, 0.15) is 17.3 Å². The number of carbonyl (C=O) groups excluding carboxylic acids is 5. The maximum Gasteiger partial charge on any atom is 0.258 e. The van der Waals surface area contributed by atoms with E-state index < -0.39 is 0 Å². The van der Waals surface area contributed by atoms with Gasteiger partial charge in [0.15, 0.2) is 10.3 Å². The van der Waals surface area contributed by atoms with Crippen LogP contribution in [0.3, 0.4) is 0 Å². The Kier molecular flexibility index (Phi) is 14.7. The number of fused-ring (bicyclic) bond motifs is 2. The molecule has 21 heteroatoms. The molecule has 1 spiro atoms. The lowest BCUT2D eigenvalue weighted by molar-refractivity contribution is -0.131. The number of ether oxygens (including phenoxy) is 2. The molecule has 4 saturated heterocycles. The molecule has 0 saturated carbocycles. The Morgan fingerprint density at radius 2 is 1.49 bits per heavy atom. The number of allylic oxidation sites excluding steroid dienone is 1. The molecule has 6 aromatic rings. The fourth-order valence-electron chi connectivity index (χ4n) is 9.91. The average Bonchev–Trinajstić information content (AvgIpc) is 4.26. The molecule has 0 radical (unpaired) electrons. The van der Waals surface area contributed by atoms with E-state index in [4.69, 9.17) is 9.47 Å². The average molecular weight is 1070 g/mol. The van der Waals surface area contributed by atoms with Gasteiger partial charge < -0.3 is 34.4 Å². The Bertz CT molecular complexity index is 3100.